The van der Waals surface area contributed by atoms with E-state index in [1.54, 1.807) is 6.92 Å². The molecule has 0 radical (unpaired) electrons. The Morgan fingerprint density at radius 1 is 1.36 bits per heavy atom. The Morgan fingerprint density at radius 3 is 2.68 bits per heavy atom. The van der Waals surface area contributed by atoms with Crippen molar-refractivity contribution in [1.29, 1.82) is 0 Å². The lowest BCUT2D eigenvalue weighted by Crippen LogP contribution is -2.15. The van der Waals surface area contributed by atoms with E-state index in [0.717, 1.165) is 23.1 Å². The number of sulfone groups is 1. The number of hydrogen-bond donors (Lipinski definition) is 2. The van der Waals surface area contributed by atoms with Crippen LogP contribution in [0.3, 0.4) is 0 Å². The van der Waals surface area contributed by atoms with Crippen molar-refractivity contribution in [2.45, 2.75) is 24.4 Å². The first-order valence-corrected chi connectivity index (χ1v) is 9.46. The summed E-state index contributed by atoms with van der Waals surface area (Å²) in [5.41, 5.74) is -1.38. The zero-order valence-corrected chi connectivity index (χ0v) is 15.0. The third-order valence-electron chi connectivity index (χ3n) is 3.67. The molecular weight excluding hydrogens is 405 g/mol. The third kappa shape index (κ3) is 3.78. The van der Waals surface area contributed by atoms with E-state index in [-0.39, 0.29) is 29.2 Å². The number of aromatic nitrogens is 4. The highest BCUT2D eigenvalue weighted by Crippen LogP contribution is 2.37. The second-order valence-corrected chi connectivity index (χ2v) is 7.81. The lowest BCUT2D eigenvalue weighted by Gasteiger charge is -2.13. The number of aromatic amines is 1. The molecule has 0 aliphatic carbocycles. The Morgan fingerprint density at radius 2 is 2.07 bits per heavy atom. The van der Waals surface area contributed by atoms with Crippen LogP contribution in [0.4, 0.5) is 18.0 Å². The highest BCUT2D eigenvalue weighted by atomic mass is 32.2. The van der Waals surface area contributed by atoms with Crippen LogP contribution in [0.5, 0.6) is 5.75 Å². The Kier molecular flexibility index (Phi) is 4.79. The molecule has 0 amide bonds. The van der Waals surface area contributed by atoms with Gasteiger partial charge in [0.2, 0.25) is 5.95 Å². The maximum absolute atomic E-state index is 13.4. The van der Waals surface area contributed by atoms with Gasteiger partial charge in [-0.25, -0.2) is 22.9 Å². The molecule has 2 heterocycles. The number of rotatable bonds is 5. The number of carbonyl (C=O) groups is 1. The molecule has 2 aromatic heterocycles. The van der Waals surface area contributed by atoms with Crippen molar-refractivity contribution in [3.63, 3.8) is 0 Å². The van der Waals surface area contributed by atoms with Crippen molar-refractivity contribution in [3.05, 3.63) is 30.1 Å². The predicted octanol–water partition coefficient (Wildman–Crippen LogP) is 3.01. The van der Waals surface area contributed by atoms with Crippen LogP contribution in [0.25, 0.3) is 17.0 Å². The third-order valence-corrected chi connectivity index (χ3v) is 5.62. The van der Waals surface area contributed by atoms with E-state index in [1.165, 1.54) is 0 Å². The van der Waals surface area contributed by atoms with Gasteiger partial charge in [0.1, 0.15) is 0 Å². The number of imidazole rings is 1. The molecule has 0 atom stereocenters. The van der Waals surface area contributed by atoms with Crippen molar-refractivity contribution in [1.82, 2.24) is 19.7 Å². The Bertz CT molecular complexity index is 1150. The molecule has 0 fully saturated rings. The molecule has 28 heavy (non-hydrogen) atoms. The number of ether oxygens (including phenoxy) is 1. The molecule has 3 rings (SSSR count). The van der Waals surface area contributed by atoms with Gasteiger partial charge >= 0.3 is 12.3 Å². The van der Waals surface area contributed by atoms with E-state index in [4.69, 9.17) is 5.11 Å². The highest BCUT2D eigenvalue weighted by Gasteiger charge is 2.37. The van der Waals surface area contributed by atoms with E-state index in [0.29, 0.717) is 6.07 Å². The number of H-pyrrole nitrogens is 1. The topological polar surface area (TPSA) is 127 Å². The molecule has 0 bridgehead atoms. The Labute approximate surface area is 155 Å². The fourth-order valence-corrected chi connectivity index (χ4v) is 4.13. The van der Waals surface area contributed by atoms with Gasteiger partial charge < -0.3 is 14.8 Å². The quantitative estimate of drug-likeness (QED) is 0.610. The number of halogens is 3. The van der Waals surface area contributed by atoms with Crippen molar-refractivity contribution < 1.29 is 36.2 Å². The van der Waals surface area contributed by atoms with Crippen molar-refractivity contribution in [2.24, 2.45) is 0 Å². The van der Waals surface area contributed by atoms with Gasteiger partial charge in [-0.2, -0.15) is 18.3 Å². The maximum atomic E-state index is 13.4. The molecule has 1 aromatic carbocycles. The fourth-order valence-electron chi connectivity index (χ4n) is 2.57. The van der Waals surface area contributed by atoms with E-state index in [9.17, 15) is 26.4 Å². The van der Waals surface area contributed by atoms with Crippen molar-refractivity contribution in [2.75, 3.05) is 5.75 Å². The van der Waals surface area contributed by atoms with Gasteiger partial charge in [0, 0.05) is 0 Å². The highest BCUT2D eigenvalue weighted by molar-refractivity contribution is 7.91. The van der Waals surface area contributed by atoms with Crippen LogP contribution in [0, 0.1) is 0 Å². The van der Waals surface area contributed by atoms with Gasteiger partial charge in [-0.15, -0.1) is 0 Å². The summed E-state index contributed by atoms with van der Waals surface area (Å²) in [4.78, 5) is 16.3. The van der Waals surface area contributed by atoms with Crippen LogP contribution in [0.15, 0.2) is 29.4 Å². The first kappa shape index (κ1) is 19.7. The van der Waals surface area contributed by atoms with E-state index >= 15 is 0 Å². The summed E-state index contributed by atoms with van der Waals surface area (Å²) in [6.45, 7) is 1.55. The number of nitrogens with one attached hydrogen (secondary N) is 1. The summed E-state index contributed by atoms with van der Waals surface area (Å²) < 4.78 is 70.3. The van der Waals surface area contributed by atoms with E-state index in [1.807, 2.05) is 0 Å². The molecule has 0 aliphatic heterocycles. The van der Waals surface area contributed by atoms with E-state index < -0.39 is 38.4 Å². The van der Waals surface area contributed by atoms with Gasteiger partial charge in [-0.05, 0) is 18.6 Å². The van der Waals surface area contributed by atoms with Gasteiger partial charge in [-0.3, -0.25) is 0 Å². The van der Waals surface area contributed by atoms with Crippen LogP contribution >= 0.6 is 0 Å². The fraction of sp³-hybridized carbons (Fsp3) is 0.267. The van der Waals surface area contributed by atoms with Crippen LogP contribution in [0.2, 0.25) is 0 Å². The summed E-state index contributed by atoms with van der Waals surface area (Å²) in [6, 6.07) is 1.54. The average molecular weight is 418 g/mol. The maximum Gasteiger partial charge on any atom is 0.511 e. The molecule has 0 unspecified atom stereocenters. The molecule has 0 saturated heterocycles. The zero-order valence-electron chi connectivity index (χ0n) is 14.2. The largest absolute Gasteiger partial charge is 0.511 e. The first-order chi connectivity index (χ1) is 13.0. The van der Waals surface area contributed by atoms with Crippen molar-refractivity contribution >= 4 is 27.0 Å². The van der Waals surface area contributed by atoms with E-state index in [2.05, 4.69) is 19.8 Å². The standard InChI is InChI=1S/C15H13F3N4O5S/c1-2-3-28(25,26)12-5-11-10(4-9(12)15(16,17)18)20-13(21-11)22-7-8(6-19-22)27-14(23)24/h4-7H,2-3H2,1H3,(H,20,21)(H,23,24). The summed E-state index contributed by atoms with van der Waals surface area (Å²) in [5, 5.41) is 12.4. The first-order valence-electron chi connectivity index (χ1n) is 7.81. The number of fused-ring (bicyclic) bond motifs is 1. The van der Waals surface area contributed by atoms with Gasteiger partial charge in [0.15, 0.2) is 15.6 Å². The minimum Gasteiger partial charge on any atom is -0.449 e. The predicted molar refractivity (Wildman–Crippen MR) is 89.2 cm³/mol. The molecule has 9 nitrogen and oxygen atoms in total. The number of carboxylic acid groups (broad SMARTS) is 1. The molecule has 0 spiro atoms. The summed E-state index contributed by atoms with van der Waals surface area (Å²) in [7, 11) is -4.16. The normalized spacial score (nSPS) is 12.4. The van der Waals surface area contributed by atoms with Crippen molar-refractivity contribution in [3.8, 4) is 11.7 Å². The molecule has 2 N–H and O–H groups in total. The lowest BCUT2D eigenvalue weighted by molar-refractivity contribution is -0.139. The lowest BCUT2D eigenvalue weighted by atomic mass is 10.2. The molecule has 150 valence electrons. The molecule has 13 heteroatoms. The molecule has 3 aromatic rings. The molecular formula is C15H13F3N4O5S. The van der Waals surface area contributed by atoms with Crippen LogP contribution in [-0.2, 0) is 16.0 Å². The zero-order chi connectivity index (χ0) is 20.7. The monoisotopic (exact) mass is 418 g/mol. The van der Waals surface area contributed by atoms with Gasteiger partial charge in [-0.1, -0.05) is 6.92 Å². The number of hydrogen-bond acceptors (Lipinski definition) is 6. The minimum atomic E-state index is -4.89. The average Bonchev–Trinajstić information content (AvgIpc) is 3.17. The number of alkyl halides is 3. The smallest absolute Gasteiger partial charge is 0.449 e. The van der Waals surface area contributed by atoms with Crippen LogP contribution in [-0.4, -0.2) is 45.2 Å². The Hall–Kier alpha value is -3.09. The van der Waals surface area contributed by atoms with Gasteiger partial charge in [0.25, 0.3) is 0 Å². The number of nitrogens with zero attached hydrogens (tertiary/aromatic N) is 3. The Balaban J connectivity index is 2.14. The minimum absolute atomic E-state index is 0.0478. The number of benzene rings is 1. The van der Waals surface area contributed by atoms with Gasteiger partial charge in [0.05, 0.1) is 39.6 Å². The molecule has 0 saturated carbocycles. The summed E-state index contributed by atoms with van der Waals surface area (Å²) >= 11 is 0. The summed E-state index contributed by atoms with van der Waals surface area (Å²) in [5.74, 6) is -0.610. The van der Waals surface area contributed by atoms with Crippen LogP contribution < -0.4 is 4.74 Å². The molecule has 0 aliphatic rings. The second-order valence-electron chi connectivity index (χ2n) is 5.73. The SMILES string of the molecule is CCCS(=O)(=O)c1cc2[nH]c(-n3cc(OC(=O)O)cn3)nc2cc1C(F)(F)F. The summed E-state index contributed by atoms with van der Waals surface area (Å²) in [6.07, 6.45) is -4.08. The van der Waals surface area contributed by atoms with Crippen LogP contribution in [0.1, 0.15) is 18.9 Å². The second kappa shape index (κ2) is 6.82.